The predicted octanol–water partition coefficient (Wildman–Crippen LogP) is 2.74. The summed E-state index contributed by atoms with van der Waals surface area (Å²) in [5.74, 6) is -2.75. The second-order valence-corrected chi connectivity index (χ2v) is 12.0. The van der Waals surface area contributed by atoms with Crippen molar-refractivity contribution in [2.24, 2.45) is 0 Å². The molecule has 1 unspecified atom stereocenters. The number of likely N-dealkylation sites (tertiary alicyclic amines) is 1. The Morgan fingerprint density at radius 2 is 1.65 bits per heavy atom. The van der Waals surface area contributed by atoms with E-state index in [1.807, 2.05) is 26.8 Å². The van der Waals surface area contributed by atoms with Crippen LogP contribution in [0.15, 0.2) is 42.5 Å². The van der Waals surface area contributed by atoms with Gasteiger partial charge in [-0.05, 0) is 57.0 Å². The second kappa shape index (κ2) is 11.6. The number of amides is 6. The lowest BCUT2D eigenvalue weighted by molar-refractivity contribution is -0.149. The van der Waals surface area contributed by atoms with Crippen LogP contribution in [0.4, 0.5) is 10.5 Å². The van der Waals surface area contributed by atoms with Crippen LogP contribution in [0.1, 0.15) is 70.3 Å². The first-order valence-corrected chi connectivity index (χ1v) is 14.3. The number of ether oxygens (including phenoxy) is 1. The van der Waals surface area contributed by atoms with Gasteiger partial charge >= 0.3 is 6.09 Å². The van der Waals surface area contributed by atoms with E-state index in [4.69, 9.17) is 4.74 Å². The Balaban J connectivity index is 1.25. The van der Waals surface area contributed by atoms with Gasteiger partial charge in [0.15, 0.2) is 0 Å². The zero-order valence-electron chi connectivity index (χ0n) is 24.7. The molecule has 1 atom stereocenters. The van der Waals surface area contributed by atoms with Crippen molar-refractivity contribution >= 4 is 41.3 Å². The first kappa shape index (κ1) is 29.9. The Morgan fingerprint density at radius 1 is 0.953 bits per heavy atom. The zero-order chi connectivity index (χ0) is 31.1. The molecule has 2 aromatic rings. The lowest BCUT2D eigenvalue weighted by atomic mass is 10.0. The third kappa shape index (κ3) is 6.14. The van der Waals surface area contributed by atoms with Crippen molar-refractivity contribution in [3.63, 3.8) is 0 Å². The van der Waals surface area contributed by atoms with Crippen molar-refractivity contribution in [3.8, 4) is 0 Å². The number of likely N-dealkylation sites (N-methyl/N-ethyl adjacent to an activating group) is 1. The van der Waals surface area contributed by atoms with Gasteiger partial charge in [0.05, 0.1) is 16.8 Å². The Labute approximate surface area is 249 Å². The van der Waals surface area contributed by atoms with Crippen LogP contribution in [0, 0.1) is 0 Å². The van der Waals surface area contributed by atoms with Crippen molar-refractivity contribution < 1.29 is 33.5 Å². The van der Waals surface area contributed by atoms with Crippen LogP contribution in [0.2, 0.25) is 0 Å². The van der Waals surface area contributed by atoms with E-state index in [0.717, 1.165) is 15.4 Å². The number of piperazine rings is 1. The minimum Gasteiger partial charge on any atom is -0.444 e. The lowest BCUT2D eigenvalue weighted by Gasteiger charge is -2.35. The number of carbonyl (C=O) groups is 6. The average molecular weight is 590 g/mol. The van der Waals surface area contributed by atoms with Gasteiger partial charge in [-0.2, -0.15) is 0 Å². The van der Waals surface area contributed by atoms with Crippen LogP contribution in [-0.2, 0) is 20.9 Å². The largest absolute Gasteiger partial charge is 0.444 e. The molecule has 226 valence electrons. The van der Waals surface area contributed by atoms with Gasteiger partial charge in [0.25, 0.3) is 23.6 Å². The van der Waals surface area contributed by atoms with Crippen molar-refractivity contribution in [2.75, 3.05) is 38.5 Å². The topological polar surface area (TPSA) is 137 Å². The van der Waals surface area contributed by atoms with E-state index >= 15 is 0 Å². The summed E-state index contributed by atoms with van der Waals surface area (Å²) < 4.78 is 5.46. The number of benzene rings is 2. The minimum atomic E-state index is -1.08. The number of rotatable bonds is 5. The van der Waals surface area contributed by atoms with Crippen molar-refractivity contribution in [1.82, 2.24) is 19.6 Å². The first-order chi connectivity index (χ1) is 20.3. The highest BCUT2D eigenvalue weighted by atomic mass is 16.6. The van der Waals surface area contributed by atoms with E-state index in [0.29, 0.717) is 38.3 Å². The third-order valence-electron chi connectivity index (χ3n) is 7.75. The van der Waals surface area contributed by atoms with Crippen molar-refractivity contribution in [1.29, 1.82) is 0 Å². The maximum Gasteiger partial charge on any atom is 0.410 e. The Bertz CT molecular complexity index is 1510. The molecule has 3 aliphatic heterocycles. The number of imide groups is 2. The first-order valence-electron chi connectivity index (χ1n) is 14.3. The number of nitrogens with zero attached hydrogens (tertiary/aromatic N) is 4. The van der Waals surface area contributed by atoms with E-state index in [-0.39, 0.29) is 41.7 Å². The fourth-order valence-corrected chi connectivity index (χ4v) is 5.51. The van der Waals surface area contributed by atoms with Crippen LogP contribution in [-0.4, -0.2) is 100 Å². The van der Waals surface area contributed by atoms with Crippen molar-refractivity contribution in [2.45, 2.75) is 51.8 Å². The fraction of sp³-hybridized carbons (Fsp3) is 0.419. The summed E-state index contributed by atoms with van der Waals surface area (Å²) in [5, 5.41) is 2.77. The molecule has 0 spiro atoms. The minimum absolute atomic E-state index is 0.0206. The van der Waals surface area contributed by atoms with Gasteiger partial charge in [0.1, 0.15) is 11.6 Å². The molecule has 0 radical (unpaired) electrons. The van der Waals surface area contributed by atoms with Crippen LogP contribution >= 0.6 is 0 Å². The molecule has 3 heterocycles. The predicted molar refractivity (Wildman–Crippen MR) is 155 cm³/mol. The Kier molecular flexibility index (Phi) is 8.06. The highest BCUT2D eigenvalue weighted by molar-refractivity contribution is 6.26. The van der Waals surface area contributed by atoms with Gasteiger partial charge in [0.2, 0.25) is 5.91 Å². The van der Waals surface area contributed by atoms with Crippen LogP contribution in [0.25, 0.3) is 0 Å². The number of piperidine rings is 1. The van der Waals surface area contributed by atoms with E-state index in [9.17, 15) is 28.8 Å². The van der Waals surface area contributed by atoms with Crippen LogP contribution in [0.3, 0.4) is 0 Å². The van der Waals surface area contributed by atoms with E-state index in [1.165, 1.54) is 19.2 Å². The molecule has 12 heteroatoms. The number of hydrogen-bond donors (Lipinski definition) is 1. The number of carbonyl (C=O) groups excluding carboxylic acids is 6. The van der Waals surface area contributed by atoms with E-state index in [2.05, 4.69) is 10.2 Å². The van der Waals surface area contributed by atoms with Crippen LogP contribution < -0.4 is 5.32 Å². The maximum atomic E-state index is 13.4. The standard InChI is InChI=1S/C31H35N5O7/c1-31(2,3)43-30(42)35-15-13-34(14-16-35)18-19-7-5-8-20(17-19)26(38)32-22-10-6-9-21-25(22)29(41)36(27(21)39)23-11-12-24(37)33(4)28(23)40/h5-10,17,23H,11-16,18H2,1-4H3,(H,32,38). The van der Waals surface area contributed by atoms with Gasteiger partial charge in [-0.15, -0.1) is 0 Å². The molecule has 5 rings (SSSR count). The van der Waals surface area contributed by atoms with Gasteiger partial charge in [-0.1, -0.05) is 18.2 Å². The maximum absolute atomic E-state index is 13.4. The van der Waals surface area contributed by atoms with Gasteiger partial charge in [0, 0.05) is 51.8 Å². The second-order valence-electron chi connectivity index (χ2n) is 12.0. The molecule has 0 saturated carbocycles. The van der Waals surface area contributed by atoms with E-state index in [1.54, 1.807) is 29.2 Å². The van der Waals surface area contributed by atoms with Crippen molar-refractivity contribution in [3.05, 3.63) is 64.7 Å². The summed E-state index contributed by atoms with van der Waals surface area (Å²) in [7, 11) is 1.33. The Morgan fingerprint density at radius 3 is 2.35 bits per heavy atom. The van der Waals surface area contributed by atoms with Gasteiger partial charge < -0.3 is 15.0 Å². The molecule has 6 amide bonds. The lowest BCUT2D eigenvalue weighted by Crippen LogP contribution is -2.54. The van der Waals surface area contributed by atoms with Gasteiger partial charge in [-0.25, -0.2) is 4.79 Å². The molecule has 2 fully saturated rings. The molecule has 2 aromatic carbocycles. The molecule has 0 aromatic heterocycles. The number of anilines is 1. The molecular formula is C31H35N5O7. The SMILES string of the molecule is CN1C(=O)CCC(N2C(=O)c3cccc(NC(=O)c4cccc(CN5CCN(C(=O)OC(C)(C)C)CC5)c4)c3C2=O)C1=O. The summed E-state index contributed by atoms with van der Waals surface area (Å²) in [6.45, 7) is 8.49. The highest BCUT2D eigenvalue weighted by Crippen LogP contribution is 2.33. The molecule has 2 saturated heterocycles. The van der Waals surface area contributed by atoms with Gasteiger partial charge in [-0.3, -0.25) is 38.7 Å². The molecule has 3 aliphatic rings. The number of hydrogen-bond acceptors (Lipinski definition) is 8. The quantitative estimate of drug-likeness (QED) is 0.526. The molecular weight excluding hydrogens is 554 g/mol. The third-order valence-corrected chi connectivity index (χ3v) is 7.75. The van der Waals surface area contributed by atoms with Crippen LogP contribution in [0.5, 0.6) is 0 Å². The number of nitrogens with one attached hydrogen (secondary N) is 1. The highest BCUT2D eigenvalue weighted by Gasteiger charge is 2.47. The summed E-state index contributed by atoms with van der Waals surface area (Å²) in [4.78, 5) is 82.7. The summed E-state index contributed by atoms with van der Waals surface area (Å²) in [6.07, 6.45) is -0.230. The molecule has 1 N–H and O–H groups in total. The fourth-order valence-electron chi connectivity index (χ4n) is 5.51. The van der Waals surface area contributed by atoms with E-state index < -0.39 is 35.3 Å². The monoisotopic (exact) mass is 589 g/mol. The molecule has 0 bridgehead atoms. The zero-order valence-corrected chi connectivity index (χ0v) is 24.7. The number of fused-ring (bicyclic) bond motifs is 1. The average Bonchev–Trinajstić information content (AvgIpc) is 3.21. The summed E-state index contributed by atoms with van der Waals surface area (Å²) in [5.41, 5.74) is 1.01. The Hall–Kier alpha value is -4.58. The summed E-state index contributed by atoms with van der Waals surface area (Å²) in [6, 6.07) is 10.6. The smallest absolute Gasteiger partial charge is 0.410 e. The normalized spacial score (nSPS) is 19.5. The molecule has 12 nitrogen and oxygen atoms in total. The molecule has 43 heavy (non-hydrogen) atoms. The molecule has 0 aliphatic carbocycles. The summed E-state index contributed by atoms with van der Waals surface area (Å²) >= 11 is 0.